The van der Waals surface area contributed by atoms with Crippen molar-refractivity contribution >= 4 is 34.1 Å². The fraction of sp³-hybridized carbons (Fsp3) is 0.318. The molecule has 5 nitrogen and oxygen atoms in total. The number of carbonyl (C=O) groups excluding carboxylic acids is 2. The second-order valence-electron chi connectivity index (χ2n) is 7.42. The molecule has 0 spiro atoms. The summed E-state index contributed by atoms with van der Waals surface area (Å²) in [5.74, 6) is -0.402. The fourth-order valence-electron chi connectivity index (χ4n) is 3.86. The summed E-state index contributed by atoms with van der Waals surface area (Å²) in [7, 11) is 0. The third-order valence-electron chi connectivity index (χ3n) is 5.49. The molecule has 1 unspecified atom stereocenters. The van der Waals surface area contributed by atoms with Crippen molar-refractivity contribution in [2.75, 3.05) is 13.1 Å². The van der Waals surface area contributed by atoms with Crippen molar-refractivity contribution in [3.05, 3.63) is 63.0 Å². The lowest BCUT2D eigenvalue weighted by Gasteiger charge is -2.33. The van der Waals surface area contributed by atoms with Crippen LogP contribution in [0.4, 0.5) is 0 Å². The first-order valence-corrected chi connectivity index (χ1v) is 10.3. The van der Waals surface area contributed by atoms with Gasteiger partial charge in [-0.05, 0) is 50.5 Å². The molecular formula is C22H23N3O2S. The van der Waals surface area contributed by atoms with Crippen LogP contribution in [-0.4, -0.2) is 34.8 Å². The number of primary amides is 1. The quantitative estimate of drug-likeness (QED) is 0.730. The number of aryl methyl sites for hydroxylation is 2. The van der Waals surface area contributed by atoms with Crippen molar-refractivity contribution in [3.63, 3.8) is 0 Å². The zero-order chi connectivity index (χ0) is 19.8. The van der Waals surface area contributed by atoms with Gasteiger partial charge in [0.25, 0.3) is 11.8 Å². The van der Waals surface area contributed by atoms with E-state index in [0.29, 0.717) is 17.8 Å². The topological polar surface area (TPSA) is 76.3 Å². The second-order valence-corrected chi connectivity index (χ2v) is 8.67. The Morgan fingerprint density at radius 2 is 2.00 bits per heavy atom. The van der Waals surface area contributed by atoms with Crippen LogP contribution in [0, 0.1) is 13.8 Å². The fourth-order valence-corrected chi connectivity index (χ4v) is 4.86. The van der Waals surface area contributed by atoms with Crippen molar-refractivity contribution < 1.29 is 9.59 Å². The number of nitrogens with zero attached hydrogens (tertiary/aromatic N) is 2. The normalized spacial score (nSPS) is 17.1. The van der Waals surface area contributed by atoms with Gasteiger partial charge in [-0.15, -0.1) is 11.3 Å². The van der Waals surface area contributed by atoms with Gasteiger partial charge in [0.2, 0.25) is 0 Å². The van der Waals surface area contributed by atoms with Gasteiger partial charge in [-0.1, -0.05) is 18.2 Å². The van der Waals surface area contributed by atoms with Gasteiger partial charge in [0.1, 0.15) is 0 Å². The summed E-state index contributed by atoms with van der Waals surface area (Å²) in [5.41, 5.74) is 8.82. The Morgan fingerprint density at radius 1 is 1.21 bits per heavy atom. The lowest BCUT2D eigenvalue weighted by molar-refractivity contribution is 0.0710. The van der Waals surface area contributed by atoms with Crippen LogP contribution in [0.2, 0.25) is 0 Å². The van der Waals surface area contributed by atoms with Gasteiger partial charge in [-0.2, -0.15) is 0 Å². The van der Waals surface area contributed by atoms with Gasteiger partial charge in [0, 0.05) is 29.3 Å². The molecule has 144 valence electrons. The van der Waals surface area contributed by atoms with Gasteiger partial charge >= 0.3 is 0 Å². The molecule has 0 aliphatic carbocycles. The molecule has 2 amide bonds. The third-order valence-corrected chi connectivity index (χ3v) is 6.63. The molecule has 1 fully saturated rings. The highest BCUT2D eigenvalue weighted by atomic mass is 32.1. The first-order chi connectivity index (χ1) is 13.4. The van der Waals surface area contributed by atoms with E-state index in [1.807, 2.05) is 55.1 Å². The zero-order valence-electron chi connectivity index (χ0n) is 16.1. The van der Waals surface area contributed by atoms with E-state index in [4.69, 9.17) is 10.7 Å². The Bertz CT molecular complexity index is 1050. The van der Waals surface area contributed by atoms with E-state index < -0.39 is 5.91 Å². The molecule has 28 heavy (non-hydrogen) atoms. The number of benzene rings is 1. The summed E-state index contributed by atoms with van der Waals surface area (Å²) in [6.45, 7) is 5.35. The van der Waals surface area contributed by atoms with Crippen LogP contribution in [0.15, 0.2) is 36.4 Å². The molecule has 4 rings (SSSR count). The van der Waals surface area contributed by atoms with E-state index in [1.165, 1.54) is 4.88 Å². The highest BCUT2D eigenvalue weighted by Crippen LogP contribution is 2.31. The number of hydrogen-bond donors (Lipinski definition) is 1. The maximum absolute atomic E-state index is 13.0. The average molecular weight is 394 g/mol. The number of carbonyl (C=O) groups is 2. The molecule has 6 heteroatoms. The number of rotatable bonds is 3. The average Bonchev–Trinajstić information content (AvgIpc) is 3.05. The predicted octanol–water partition coefficient (Wildman–Crippen LogP) is 4.03. The lowest BCUT2D eigenvalue weighted by atomic mass is 9.90. The predicted molar refractivity (Wildman–Crippen MR) is 112 cm³/mol. The molecule has 3 aromatic rings. The molecule has 0 bridgehead atoms. The first kappa shape index (κ1) is 18.6. The molecule has 2 N–H and O–H groups in total. The van der Waals surface area contributed by atoms with E-state index in [-0.39, 0.29) is 11.8 Å². The van der Waals surface area contributed by atoms with Crippen LogP contribution in [-0.2, 0) is 0 Å². The summed E-state index contributed by atoms with van der Waals surface area (Å²) >= 11 is 1.54. The SMILES string of the molecule is Cc1cc(C(=O)N2CCCC(c3nc4ccccc4cc3C(N)=O)C2)sc1C. The Labute approximate surface area is 168 Å². The molecular weight excluding hydrogens is 370 g/mol. The van der Waals surface area contributed by atoms with Crippen LogP contribution in [0.5, 0.6) is 0 Å². The minimum atomic E-state index is -0.471. The van der Waals surface area contributed by atoms with E-state index in [2.05, 4.69) is 0 Å². The molecule has 0 saturated carbocycles. The molecule has 3 heterocycles. The monoisotopic (exact) mass is 393 g/mol. The Hall–Kier alpha value is -2.73. The smallest absolute Gasteiger partial charge is 0.263 e. The second kappa shape index (κ2) is 7.36. The summed E-state index contributed by atoms with van der Waals surface area (Å²) in [6.07, 6.45) is 1.77. The van der Waals surface area contributed by atoms with Gasteiger partial charge < -0.3 is 10.6 Å². The maximum atomic E-state index is 13.0. The molecule has 1 atom stereocenters. The van der Waals surface area contributed by atoms with Crippen molar-refractivity contribution in [1.29, 1.82) is 0 Å². The number of para-hydroxylation sites is 1. The van der Waals surface area contributed by atoms with E-state index in [0.717, 1.165) is 40.7 Å². The zero-order valence-corrected chi connectivity index (χ0v) is 16.9. The van der Waals surface area contributed by atoms with Gasteiger partial charge in [0.15, 0.2) is 0 Å². The largest absolute Gasteiger partial charge is 0.366 e. The number of aromatic nitrogens is 1. The molecule has 2 aromatic heterocycles. The lowest BCUT2D eigenvalue weighted by Crippen LogP contribution is -2.39. The number of fused-ring (bicyclic) bond motifs is 1. The molecule has 1 aromatic carbocycles. The first-order valence-electron chi connectivity index (χ1n) is 9.50. The van der Waals surface area contributed by atoms with Crippen LogP contribution in [0.25, 0.3) is 10.9 Å². The van der Waals surface area contributed by atoms with Crippen molar-refractivity contribution in [2.45, 2.75) is 32.6 Å². The molecule has 1 saturated heterocycles. The van der Waals surface area contributed by atoms with Gasteiger partial charge in [-0.3, -0.25) is 14.6 Å². The number of thiophene rings is 1. The van der Waals surface area contributed by atoms with E-state index in [9.17, 15) is 9.59 Å². The number of nitrogens with two attached hydrogens (primary N) is 1. The molecule has 0 radical (unpaired) electrons. The number of amides is 2. The minimum Gasteiger partial charge on any atom is -0.366 e. The van der Waals surface area contributed by atoms with E-state index in [1.54, 1.807) is 11.3 Å². The van der Waals surface area contributed by atoms with Gasteiger partial charge in [0.05, 0.1) is 21.7 Å². The number of likely N-dealkylation sites (tertiary alicyclic amines) is 1. The summed E-state index contributed by atoms with van der Waals surface area (Å²) in [5, 5.41) is 0.897. The third kappa shape index (κ3) is 3.40. The van der Waals surface area contributed by atoms with Crippen molar-refractivity contribution in [1.82, 2.24) is 9.88 Å². The number of piperidine rings is 1. The van der Waals surface area contributed by atoms with Crippen molar-refractivity contribution in [2.24, 2.45) is 5.73 Å². The Morgan fingerprint density at radius 3 is 2.71 bits per heavy atom. The van der Waals surface area contributed by atoms with Gasteiger partial charge in [-0.25, -0.2) is 0 Å². The van der Waals surface area contributed by atoms with Crippen LogP contribution >= 0.6 is 11.3 Å². The highest BCUT2D eigenvalue weighted by molar-refractivity contribution is 7.14. The Kier molecular flexibility index (Phi) is 4.89. The van der Waals surface area contributed by atoms with Crippen LogP contribution in [0.1, 0.15) is 54.9 Å². The van der Waals surface area contributed by atoms with E-state index >= 15 is 0 Å². The molecule has 1 aliphatic rings. The molecule has 1 aliphatic heterocycles. The number of hydrogen-bond acceptors (Lipinski definition) is 4. The van der Waals surface area contributed by atoms with Crippen molar-refractivity contribution in [3.8, 4) is 0 Å². The summed E-state index contributed by atoms with van der Waals surface area (Å²) in [4.78, 5) is 33.7. The van der Waals surface area contributed by atoms with Crippen LogP contribution in [0.3, 0.4) is 0 Å². The maximum Gasteiger partial charge on any atom is 0.263 e. The minimum absolute atomic E-state index is 0.00645. The number of pyridine rings is 1. The highest BCUT2D eigenvalue weighted by Gasteiger charge is 2.29. The summed E-state index contributed by atoms with van der Waals surface area (Å²) in [6, 6.07) is 11.5. The summed E-state index contributed by atoms with van der Waals surface area (Å²) < 4.78 is 0. The standard InChI is InChI=1S/C22H23N3O2S/c1-13-10-19(28-14(13)2)22(27)25-9-5-7-16(12-25)20-17(21(23)26)11-15-6-3-4-8-18(15)24-20/h3-4,6,8,10-11,16H,5,7,9,12H2,1-2H3,(H2,23,26). The Balaban J connectivity index is 1.66. The van der Waals surface area contributed by atoms with Crippen LogP contribution < -0.4 is 5.73 Å².